The minimum absolute atomic E-state index is 0.0773. The minimum Gasteiger partial charge on any atom is -0.335 e. The van der Waals surface area contributed by atoms with Crippen LogP contribution in [0.5, 0.6) is 0 Å². The lowest BCUT2D eigenvalue weighted by Crippen LogP contribution is -2.49. The number of fused-ring (bicyclic) bond motifs is 4. The average Bonchev–Trinajstić information content (AvgIpc) is 3.06. The molecular formula is C21H20N2O2S. The first-order valence-corrected chi connectivity index (χ1v) is 10.0. The molecule has 132 valence electrons. The van der Waals surface area contributed by atoms with Gasteiger partial charge in [-0.15, -0.1) is 0 Å². The largest absolute Gasteiger partial charge is 0.335 e. The van der Waals surface area contributed by atoms with Gasteiger partial charge in [-0.2, -0.15) is 0 Å². The average molecular weight is 364 g/mol. The lowest BCUT2D eigenvalue weighted by molar-refractivity contribution is 0.0547. The van der Waals surface area contributed by atoms with Crippen molar-refractivity contribution in [1.29, 1.82) is 0 Å². The van der Waals surface area contributed by atoms with E-state index in [0.29, 0.717) is 11.5 Å². The van der Waals surface area contributed by atoms with Gasteiger partial charge in [-0.3, -0.25) is 9.59 Å². The lowest BCUT2D eigenvalue weighted by atomic mass is 9.74. The first-order chi connectivity index (χ1) is 12.7. The van der Waals surface area contributed by atoms with Gasteiger partial charge in [0, 0.05) is 24.1 Å². The van der Waals surface area contributed by atoms with Crippen molar-refractivity contribution in [3.8, 4) is 0 Å². The van der Waals surface area contributed by atoms with Crippen LogP contribution >= 0.6 is 11.3 Å². The number of piperidine rings is 1. The van der Waals surface area contributed by atoms with Crippen LogP contribution in [0.3, 0.4) is 0 Å². The maximum Gasteiger partial charge on any atom is 0.305 e. The van der Waals surface area contributed by atoms with Gasteiger partial charge in [-0.25, -0.2) is 0 Å². The number of carbonyl (C=O) groups is 1. The van der Waals surface area contributed by atoms with Gasteiger partial charge < -0.3 is 9.88 Å². The molecule has 0 spiro atoms. The summed E-state index contributed by atoms with van der Waals surface area (Å²) in [5, 5.41) is 0. The second kappa shape index (κ2) is 6.09. The van der Waals surface area contributed by atoms with Gasteiger partial charge in [0.05, 0.1) is 10.2 Å². The van der Waals surface area contributed by atoms with Crippen molar-refractivity contribution in [3.63, 3.8) is 0 Å². The molecule has 1 aromatic heterocycles. The zero-order valence-electron chi connectivity index (χ0n) is 14.4. The number of aryl methyl sites for hydroxylation is 1. The summed E-state index contributed by atoms with van der Waals surface area (Å²) in [7, 11) is 0. The van der Waals surface area contributed by atoms with E-state index in [4.69, 9.17) is 0 Å². The van der Waals surface area contributed by atoms with Crippen LogP contribution in [-0.4, -0.2) is 28.4 Å². The predicted molar refractivity (Wildman–Crippen MR) is 104 cm³/mol. The van der Waals surface area contributed by atoms with E-state index in [2.05, 4.69) is 34.1 Å². The molecule has 26 heavy (non-hydrogen) atoms. The number of nitrogens with one attached hydrogen (secondary N) is 1. The van der Waals surface area contributed by atoms with Crippen molar-refractivity contribution >= 4 is 27.5 Å². The number of hydrogen-bond donors (Lipinski definition) is 1. The van der Waals surface area contributed by atoms with E-state index in [1.165, 1.54) is 11.1 Å². The molecule has 5 rings (SSSR count). The summed E-state index contributed by atoms with van der Waals surface area (Å²) in [4.78, 5) is 29.6. The summed E-state index contributed by atoms with van der Waals surface area (Å²) in [6, 6.07) is 14.5. The number of benzene rings is 2. The Kier molecular flexibility index (Phi) is 3.71. The van der Waals surface area contributed by atoms with Crippen LogP contribution in [0.4, 0.5) is 0 Å². The third kappa shape index (κ3) is 2.50. The third-order valence-electron chi connectivity index (χ3n) is 5.87. The maximum absolute atomic E-state index is 13.3. The number of rotatable bonds is 1. The summed E-state index contributed by atoms with van der Waals surface area (Å²) in [6.45, 7) is 0.823. The Morgan fingerprint density at radius 3 is 2.96 bits per heavy atom. The van der Waals surface area contributed by atoms with E-state index in [0.717, 1.165) is 53.8 Å². The zero-order chi connectivity index (χ0) is 17.7. The van der Waals surface area contributed by atoms with Crippen molar-refractivity contribution in [2.75, 3.05) is 6.54 Å². The van der Waals surface area contributed by atoms with Crippen molar-refractivity contribution in [2.24, 2.45) is 0 Å². The number of hydrogen-bond acceptors (Lipinski definition) is 3. The van der Waals surface area contributed by atoms with Crippen LogP contribution in [-0.2, 0) is 6.42 Å². The summed E-state index contributed by atoms with van der Waals surface area (Å²) < 4.78 is 0.850. The Morgan fingerprint density at radius 1 is 1.15 bits per heavy atom. The van der Waals surface area contributed by atoms with Gasteiger partial charge in [0.25, 0.3) is 5.91 Å². The minimum atomic E-state index is -0.0773. The Hall–Kier alpha value is -2.40. The number of amides is 1. The quantitative estimate of drug-likeness (QED) is 0.711. The Bertz CT molecular complexity index is 1050. The molecular weight excluding hydrogens is 344 g/mol. The van der Waals surface area contributed by atoms with Crippen LogP contribution < -0.4 is 4.87 Å². The fourth-order valence-electron chi connectivity index (χ4n) is 4.70. The summed E-state index contributed by atoms with van der Waals surface area (Å²) in [5.74, 6) is 0.548. The molecule has 2 aliphatic rings. The normalized spacial score (nSPS) is 22.1. The van der Waals surface area contributed by atoms with Crippen molar-refractivity contribution in [3.05, 3.63) is 68.8 Å². The highest BCUT2D eigenvalue weighted by molar-refractivity contribution is 7.16. The number of H-pyrrole nitrogens is 1. The van der Waals surface area contributed by atoms with Crippen LogP contribution in [0, 0.1) is 0 Å². The fourth-order valence-corrected chi connectivity index (χ4v) is 5.48. The van der Waals surface area contributed by atoms with Gasteiger partial charge in [-0.05, 0) is 55.0 Å². The molecule has 3 aromatic rings. The van der Waals surface area contributed by atoms with Gasteiger partial charge in [0.2, 0.25) is 0 Å². The van der Waals surface area contributed by atoms with Crippen molar-refractivity contribution in [1.82, 2.24) is 9.88 Å². The monoisotopic (exact) mass is 364 g/mol. The number of aromatic nitrogens is 1. The molecule has 0 bridgehead atoms. The summed E-state index contributed by atoms with van der Waals surface area (Å²) in [6.07, 6.45) is 4.28. The molecule has 4 nitrogen and oxygen atoms in total. The molecule has 0 unspecified atom stereocenters. The van der Waals surface area contributed by atoms with Crippen LogP contribution in [0.1, 0.15) is 46.7 Å². The molecule has 0 saturated carbocycles. The molecule has 0 radical (unpaired) electrons. The second-order valence-corrected chi connectivity index (χ2v) is 8.29. The van der Waals surface area contributed by atoms with Crippen molar-refractivity contribution in [2.45, 2.75) is 37.6 Å². The first kappa shape index (κ1) is 15.8. The highest BCUT2D eigenvalue weighted by Gasteiger charge is 2.38. The van der Waals surface area contributed by atoms with E-state index in [9.17, 15) is 9.59 Å². The van der Waals surface area contributed by atoms with Gasteiger partial charge in [0.15, 0.2) is 0 Å². The number of carbonyl (C=O) groups excluding carboxylic acids is 1. The maximum atomic E-state index is 13.3. The third-order valence-corrected chi connectivity index (χ3v) is 6.72. The summed E-state index contributed by atoms with van der Waals surface area (Å²) >= 11 is 1.16. The van der Waals surface area contributed by atoms with E-state index >= 15 is 0 Å². The van der Waals surface area contributed by atoms with Crippen LogP contribution in [0.15, 0.2) is 47.3 Å². The molecule has 2 heterocycles. The van der Waals surface area contributed by atoms with Crippen molar-refractivity contribution < 1.29 is 4.79 Å². The topological polar surface area (TPSA) is 53.2 Å². The molecule has 1 amide bonds. The Labute approximate surface area is 155 Å². The SMILES string of the molecule is O=C(c1ccc2[nH]c(=O)sc2c1)N1CCC[C@H]2c3ccccc3CC[C@H]21. The van der Waals surface area contributed by atoms with Crippen LogP contribution in [0.25, 0.3) is 10.2 Å². The molecule has 1 fully saturated rings. The molecule has 1 aliphatic carbocycles. The van der Waals surface area contributed by atoms with Gasteiger partial charge >= 0.3 is 4.87 Å². The first-order valence-electron chi connectivity index (χ1n) is 9.22. The Morgan fingerprint density at radius 2 is 2.04 bits per heavy atom. The lowest BCUT2D eigenvalue weighted by Gasteiger charge is -2.45. The Balaban J connectivity index is 1.49. The van der Waals surface area contributed by atoms with E-state index in [1.54, 1.807) is 0 Å². The van der Waals surface area contributed by atoms with E-state index < -0.39 is 0 Å². The fraction of sp³-hybridized carbons (Fsp3) is 0.333. The molecule has 1 N–H and O–H groups in total. The summed E-state index contributed by atoms with van der Waals surface area (Å²) in [5.41, 5.74) is 4.37. The molecule has 1 aliphatic heterocycles. The van der Waals surface area contributed by atoms with Gasteiger partial charge in [-0.1, -0.05) is 35.6 Å². The second-order valence-electron chi connectivity index (χ2n) is 7.28. The highest BCUT2D eigenvalue weighted by atomic mass is 32.1. The molecule has 2 aromatic carbocycles. The number of thiazole rings is 1. The number of nitrogens with zero attached hydrogens (tertiary/aromatic N) is 1. The molecule has 5 heteroatoms. The predicted octanol–water partition coefficient (Wildman–Crippen LogP) is 3.92. The molecule has 2 atom stereocenters. The standard InChI is InChI=1S/C21H20N2O2S/c24-20(14-7-9-17-19(12-14)26-21(25)22-17)23-11-3-6-16-15-5-2-1-4-13(15)8-10-18(16)23/h1-2,4-5,7,9,12,16,18H,3,6,8,10-11H2,(H,22,25)/t16-,18+/m0/s1. The smallest absolute Gasteiger partial charge is 0.305 e. The highest BCUT2D eigenvalue weighted by Crippen LogP contribution is 2.41. The number of likely N-dealkylation sites (tertiary alicyclic amines) is 1. The van der Waals surface area contributed by atoms with Gasteiger partial charge in [0.1, 0.15) is 0 Å². The molecule has 1 saturated heterocycles. The number of aromatic amines is 1. The zero-order valence-corrected chi connectivity index (χ0v) is 15.2. The van der Waals surface area contributed by atoms with E-state index in [1.807, 2.05) is 18.2 Å². The van der Waals surface area contributed by atoms with E-state index in [-0.39, 0.29) is 16.8 Å². The van der Waals surface area contributed by atoms with Crippen LogP contribution in [0.2, 0.25) is 0 Å².